The Hall–Kier alpha value is -2.94. The van der Waals surface area contributed by atoms with Crippen LogP contribution in [0.15, 0.2) is 29.3 Å². The van der Waals surface area contributed by atoms with E-state index in [2.05, 4.69) is 20.3 Å². The first-order chi connectivity index (χ1) is 11.4. The number of hydrogen-bond acceptors (Lipinski definition) is 7. The van der Waals surface area contributed by atoms with Crippen LogP contribution >= 0.6 is 12.2 Å². The van der Waals surface area contributed by atoms with Gasteiger partial charge in [-0.15, -0.1) is 0 Å². The Morgan fingerprint density at radius 3 is 2.79 bits per heavy atom. The van der Waals surface area contributed by atoms with E-state index in [1.54, 1.807) is 24.3 Å². The number of benzene rings is 1. The number of aromatic amines is 1. The first kappa shape index (κ1) is 15.9. The molecule has 0 fully saturated rings. The molecule has 0 radical (unpaired) electrons. The third-order valence-electron chi connectivity index (χ3n) is 3.63. The molecule has 0 spiro atoms. The van der Waals surface area contributed by atoms with Crippen LogP contribution in [-0.4, -0.2) is 46.9 Å². The summed E-state index contributed by atoms with van der Waals surface area (Å²) in [6.07, 6.45) is 0. The lowest BCUT2D eigenvalue weighted by Gasteiger charge is -2.23. The molecule has 0 aliphatic carbocycles. The number of nitrogen functional groups attached to an aromatic ring is 1. The Kier molecular flexibility index (Phi) is 4.17. The van der Waals surface area contributed by atoms with E-state index in [0.29, 0.717) is 29.2 Å². The van der Waals surface area contributed by atoms with E-state index in [-0.39, 0.29) is 11.5 Å². The van der Waals surface area contributed by atoms with Crippen LogP contribution in [0.5, 0.6) is 0 Å². The van der Waals surface area contributed by atoms with Crippen molar-refractivity contribution >= 4 is 47.0 Å². The zero-order chi connectivity index (χ0) is 17.3. The van der Waals surface area contributed by atoms with Crippen molar-refractivity contribution in [1.82, 2.24) is 9.97 Å². The lowest BCUT2D eigenvalue weighted by Crippen LogP contribution is -2.31. The maximum absolute atomic E-state index is 10.9. The van der Waals surface area contributed by atoms with Crippen LogP contribution in [0.4, 0.5) is 23.1 Å². The summed E-state index contributed by atoms with van der Waals surface area (Å²) in [4.78, 5) is 24.4. The Morgan fingerprint density at radius 1 is 1.42 bits per heavy atom. The standard InChI is InChI=1S/C15H16N6O2S/c1-21(10-4-2-8(3-5-10)14(22)23)7-9-6-17-12-11(18-9)13(24)20-15(16)19-12/h2-5H,6-7H2,1H3,(H,22,23)(H4,16,17,19,20,24). The molecular formula is C15H16N6O2S. The van der Waals surface area contributed by atoms with Crippen LogP contribution in [0.25, 0.3) is 0 Å². The van der Waals surface area contributed by atoms with Crippen molar-refractivity contribution in [2.45, 2.75) is 0 Å². The molecule has 0 bridgehead atoms. The Morgan fingerprint density at radius 2 is 2.12 bits per heavy atom. The largest absolute Gasteiger partial charge is 0.478 e. The summed E-state index contributed by atoms with van der Waals surface area (Å²) < 4.78 is 0.347. The van der Waals surface area contributed by atoms with Gasteiger partial charge in [0.25, 0.3) is 0 Å². The highest BCUT2D eigenvalue weighted by Crippen LogP contribution is 2.27. The van der Waals surface area contributed by atoms with Gasteiger partial charge in [-0.1, -0.05) is 12.2 Å². The number of carboxylic acids is 1. The third-order valence-corrected chi connectivity index (χ3v) is 3.91. The van der Waals surface area contributed by atoms with Crippen molar-refractivity contribution < 1.29 is 9.90 Å². The Labute approximate surface area is 143 Å². The number of H-pyrrole nitrogens is 1. The zero-order valence-electron chi connectivity index (χ0n) is 12.9. The molecule has 8 nitrogen and oxygen atoms in total. The van der Waals surface area contributed by atoms with Crippen LogP contribution < -0.4 is 16.0 Å². The SMILES string of the molecule is CN(CC1=Nc2c([nH]c(N)nc2=S)NC1)c1ccc(C(=O)O)cc1. The first-order valence-corrected chi connectivity index (χ1v) is 7.59. The smallest absolute Gasteiger partial charge is 0.335 e. The third kappa shape index (κ3) is 3.20. The predicted molar refractivity (Wildman–Crippen MR) is 96.1 cm³/mol. The van der Waals surface area contributed by atoms with Gasteiger partial charge in [-0.2, -0.15) is 0 Å². The molecule has 0 atom stereocenters. The minimum absolute atomic E-state index is 0.250. The molecule has 1 aliphatic heterocycles. The van der Waals surface area contributed by atoms with Gasteiger partial charge in [0, 0.05) is 12.7 Å². The first-order valence-electron chi connectivity index (χ1n) is 7.18. The molecule has 124 valence electrons. The van der Waals surface area contributed by atoms with Crippen molar-refractivity contribution in [3.8, 4) is 0 Å². The van der Waals surface area contributed by atoms with E-state index < -0.39 is 5.97 Å². The average Bonchev–Trinajstić information content (AvgIpc) is 2.55. The highest BCUT2D eigenvalue weighted by molar-refractivity contribution is 7.71. The summed E-state index contributed by atoms with van der Waals surface area (Å²) in [5.41, 5.74) is 8.26. The maximum Gasteiger partial charge on any atom is 0.335 e. The number of carbonyl (C=O) groups is 1. The van der Waals surface area contributed by atoms with Crippen molar-refractivity contribution in [1.29, 1.82) is 0 Å². The summed E-state index contributed by atoms with van der Waals surface area (Å²) in [7, 11) is 1.91. The highest BCUT2D eigenvalue weighted by atomic mass is 32.1. The van der Waals surface area contributed by atoms with E-state index in [9.17, 15) is 4.79 Å². The minimum atomic E-state index is -0.942. The summed E-state index contributed by atoms with van der Waals surface area (Å²) in [6.45, 7) is 1.12. The molecule has 0 unspecified atom stereocenters. The number of aromatic nitrogens is 2. The summed E-state index contributed by atoms with van der Waals surface area (Å²) >= 11 is 5.20. The van der Waals surface area contributed by atoms with Gasteiger partial charge in [-0.3, -0.25) is 0 Å². The molecule has 2 heterocycles. The fourth-order valence-corrected chi connectivity index (χ4v) is 2.67. The number of nitrogens with zero attached hydrogens (tertiary/aromatic N) is 3. The average molecular weight is 344 g/mol. The van der Waals surface area contributed by atoms with Gasteiger partial charge in [-0.05, 0) is 24.3 Å². The van der Waals surface area contributed by atoms with E-state index in [1.165, 1.54) is 0 Å². The Balaban J connectivity index is 1.79. The lowest BCUT2D eigenvalue weighted by atomic mass is 10.2. The topological polar surface area (TPSA) is 120 Å². The second-order valence-corrected chi connectivity index (χ2v) is 5.78. The number of carboxylic acid groups (broad SMARTS) is 1. The quantitative estimate of drug-likeness (QED) is 0.627. The summed E-state index contributed by atoms with van der Waals surface area (Å²) in [5.74, 6) is -0.0204. The molecule has 24 heavy (non-hydrogen) atoms. The summed E-state index contributed by atoms with van der Waals surface area (Å²) in [6, 6.07) is 6.69. The van der Waals surface area contributed by atoms with Crippen LogP contribution in [0, 0.1) is 4.64 Å². The number of nitrogens with one attached hydrogen (secondary N) is 2. The van der Waals surface area contributed by atoms with Crippen LogP contribution in [0.1, 0.15) is 10.4 Å². The van der Waals surface area contributed by atoms with Crippen molar-refractivity contribution in [2.75, 3.05) is 36.1 Å². The molecule has 0 amide bonds. The number of aliphatic imine (C=N–C) groups is 1. The molecule has 0 saturated carbocycles. The van der Waals surface area contributed by atoms with E-state index >= 15 is 0 Å². The number of nitrogens with two attached hydrogens (primary N) is 1. The van der Waals surface area contributed by atoms with Crippen molar-refractivity contribution in [2.24, 2.45) is 4.99 Å². The summed E-state index contributed by atoms with van der Waals surface area (Å²) in [5, 5.41) is 12.1. The van der Waals surface area contributed by atoms with Crippen LogP contribution in [0.2, 0.25) is 0 Å². The van der Waals surface area contributed by atoms with Gasteiger partial charge < -0.3 is 26.0 Å². The van der Waals surface area contributed by atoms with Crippen LogP contribution in [-0.2, 0) is 0 Å². The number of aromatic carboxylic acids is 1. The molecule has 1 aliphatic rings. The molecule has 1 aromatic heterocycles. The number of fused-ring (bicyclic) bond motifs is 1. The monoisotopic (exact) mass is 344 g/mol. The van der Waals surface area contributed by atoms with Crippen molar-refractivity contribution in [3.63, 3.8) is 0 Å². The van der Waals surface area contributed by atoms with Gasteiger partial charge in [0.05, 0.1) is 24.4 Å². The molecule has 9 heteroatoms. The molecule has 5 N–H and O–H groups in total. The molecule has 1 aromatic carbocycles. The normalized spacial score (nSPS) is 12.8. The molecule has 0 saturated heterocycles. The molecular weight excluding hydrogens is 328 g/mol. The maximum atomic E-state index is 10.9. The van der Waals surface area contributed by atoms with Gasteiger partial charge in [0.15, 0.2) is 10.6 Å². The van der Waals surface area contributed by atoms with E-state index in [1.807, 2.05) is 11.9 Å². The van der Waals surface area contributed by atoms with E-state index in [4.69, 9.17) is 23.1 Å². The number of anilines is 3. The van der Waals surface area contributed by atoms with Gasteiger partial charge in [0.2, 0.25) is 0 Å². The fraction of sp³-hybridized carbons (Fsp3) is 0.200. The second-order valence-electron chi connectivity index (χ2n) is 5.39. The predicted octanol–water partition coefficient (Wildman–Crippen LogP) is 2.05. The van der Waals surface area contributed by atoms with Crippen molar-refractivity contribution in [3.05, 3.63) is 34.5 Å². The van der Waals surface area contributed by atoms with Gasteiger partial charge in [0.1, 0.15) is 11.5 Å². The zero-order valence-corrected chi connectivity index (χ0v) is 13.7. The number of hydrogen-bond donors (Lipinski definition) is 4. The minimum Gasteiger partial charge on any atom is -0.478 e. The van der Waals surface area contributed by atoms with Gasteiger partial charge >= 0.3 is 5.97 Å². The number of rotatable bonds is 4. The second kappa shape index (κ2) is 6.28. The Bertz CT molecular complexity index is 875. The molecule has 2 aromatic rings. The van der Waals surface area contributed by atoms with Gasteiger partial charge in [-0.25, -0.2) is 14.8 Å². The highest BCUT2D eigenvalue weighted by Gasteiger charge is 2.16. The molecule has 3 rings (SSSR count). The lowest BCUT2D eigenvalue weighted by molar-refractivity contribution is 0.0697. The van der Waals surface area contributed by atoms with E-state index in [0.717, 1.165) is 11.4 Å². The fourth-order valence-electron chi connectivity index (χ4n) is 2.42. The van der Waals surface area contributed by atoms with Crippen LogP contribution in [0.3, 0.4) is 0 Å².